The molecule has 1 fully saturated rings. The summed E-state index contributed by atoms with van der Waals surface area (Å²) in [5.41, 5.74) is 0. The van der Waals surface area contributed by atoms with Gasteiger partial charge in [0.15, 0.2) is 0 Å². The van der Waals surface area contributed by atoms with Crippen molar-refractivity contribution in [2.75, 3.05) is 19.8 Å². The van der Waals surface area contributed by atoms with Crippen molar-refractivity contribution in [3.63, 3.8) is 0 Å². The minimum atomic E-state index is -5.02. The summed E-state index contributed by atoms with van der Waals surface area (Å²) < 4.78 is 34.1. The zero-order valence-electron chi connectivity index (χ0n) is 36.1. The second kappa shape index (κ2) is 36.2. The number of phosphoric ester groups is 1. The van der Waals surface area contributed by atoms with Crippen LogP contribution >= 0.6 is 7.82 Å². The molecule has 8 atom stereocenters. The molecular weight excluding hydrogens is 763 g/mol. The monoisotopic (exact) mass is 847 g/mol. The molecule has 6 unspecified atom stereocenters. The Morgan fingerprint density at radius 1 is 0.552 bits per heavy atom. The van der Waals surface area contributed by atoms with Gasteiger partial charge in [0.1, 0.15) is 42.7 Å². The Labute approximate surface area is 351 Å². The Balaban J connectivity index is 2.42. The van der Waals surface area contributed by atoms with E-state index in [0.29, 0.717) is 13.0 Å². The zero-order valence-corrected chi connectivity index (χ0v) is 37.0. The standard InChI is InChI=1S/C45H83O12P/c1-3-5-7-9-11-13-15-17-19-20-21-22-24-26-28-30-32-34-39(46)56-38(36-54-35-33-31-29-27-25-23-18-16-14-12-10-8-6-4-2)37-55-58(52,53)57-45-43(50)41(48)40(47)42(49)44(45)51/h11,13,17,19,21-22,38,40-45,47-51H,3-10,12,14-16,18,20,23-37H2,1-2H3,(H,52,53)/b13-11-,19-17-,22-21-/t38-,40?,41-,42?,43?,44?,45?/m1/s1. The van der Waals surface area contributed by atoms with Crippen LogP contribution in [-0.4, -0.2) is 98.9 Å². The van der Waals surface area contributed by atoms with Gasteiger partial charge in [-0.1, -0.05) is 159 Å². The molecule has 58 heavy (non-hydrogen) atoms. The Kier molecular flexibility index (Phi) is 34.1. The number of hydrogen-bond donors (Lipinski definition) is 6. The molecule has 0 spiro atoms. The van der Waals surface area contributed by atoms with Crippen LogP contribution in [0.15, 0.2) is 36.5 Å². The van der Waals surface area contributed by atoms with Gasteiger partial charge in [0.2, 0.25) is 0 Å². The second-order valence-electron chi connectivity index (χ2n) is 15.9. The van der Waals surface area contributed by atoms with Gasteiger partial charge in [-0.3, -0.25) is 13.8 Å². The molecule has 1 rings (SSSR count). The molecule has 1 aliphatic rings. The molecule has 0 aromatic carbocycles. The van der Waals surface area contributed by atoms with Crippen molar-refractivity contribution in [3.8, 4) is 0 Å². The summed E-state index contributed by atoms with van der Waals surface area (Å²) in [4.78, 5) is 23.1. The second-order valence-corrected chi connectivity index (χ2v) is 17.3. The summed E-state index contributed by atoms with van der Waals surface area (Å²) in [5.74, 6) is -0.497. The Bertz CT molecular complexity index is 1100. The lowest BCUT2D eigenvalue weighted by Crippen LogP contribution is -2.64. The fraction of sp³-hybridized carbons (Fsp3) is 0.844. The summed E-state index contributed by atoms with van der Waals surface area (Å²) in [6, 6.07) is 0. The fourth-order valence-corrected chi connectivity index (χ4v) is 7.81. The van der Waals surface area contributed by atoms with Crippen molar-refractivity contribution in [1.82, 2.24) is 0 Å². The van der Waals surface area contributed by atoms with Gasteiger partial charge in [0.25, 0.3) is 0 Å². The molecule has 1 saturated carbocycles. The quantitative estimate of drug-likeness (QED) is 0.0150. The molecule has 0 bridgehead atoms. The summed E-state index contributed by atoms with van der Waals surface area (Å²) in [6.07, 6.45) is 29.2. The van der Waals surface area contributed by atoms with Crippen LogP contribution in [0.25, 0.3) is 0 Å². The molecule has 12 nitrogen and oxygen atoms in total. The predicted octanol–water partition coefficient (Wildman–Crippen LogP) is 9.09. The van der Waals surface area contributed by atoms with E-state index in [2.05, 4.69) is 50.3 Å². The van der Waals surface area contributed by atoms with Gasteiger partial charge in [-0.05, 0) is 51.4 Å². The lowest BCUT2D eigenvalue weighted by molar-refractivity contribution is -0.220. The SMILES string of the molecule is CCCCC/C=C\C/C=C\C/C=C\CCCCCCC(=O)O[C@H](COCCCCCCCCCCCCCCCC)COP(=O)(O)OC1C(O)C(O)C(O)[C@@H](O)C1O. The Hall–Kier alpha value is -1.44. The number of carbonyl (C=O) groups is 1. The number of allylic oxidation sites excluding steroid dienone is 6. The number of ether oxygens (including phenoxy) is 2. The van der Waals surface area contributed by atoms with Crippen LogP contribution < -0.4 is 0 Å². The highest BCUT2D eigenvalue weighted by Crippen LogP contribution is 2.47. The van der Waals surface area contributed by atoms with Crippen molar-refractivity contribution in [2.24, 2.45) is 0 Å². The van der Waals surface area contributed by atoms with Crippen molar-refractivity contribution in [1.29, 1.82) is 0 Å². The zero-order chi connectivity index (χ0) is 42.7. The number of unbranched alkanes of at least 4 members (excludes halogenated alkanes) is 20. The number of hydrogen-bond acceptors (Lipinski definition) is 11. The lowest BCUT2D eigenvalue weighted by Gasteiger charge is -2.41. The van der Waals surface area contributed by atoms with E-state index < -0.39 is 63.1 Å². The molecule has 0 aliphatic heterocycles. The van der Waals surface area contributed by atoms with E-state index in [1.165, 1.54) is 89.9 Å². The van der Waals surface area contributed by atoms with Crippen molar-refractivity contribution in [3.05, 3.63) is 36.5 Å². The van der Waals surface area contributed by atoms with E-state index in [0.717, 1.165) is 64.2 Å². The van der Waals surface area contributed by atoms with Crippen molar-refractivity contribution >= 4 is 13.8 Å². The normalized spacial score (nSPS) is 23.0. The van der Waals surface area contributed by atoms with Crippen molar-refractivity contribution < 1.29 is 58.3 Å². The molecule has 1 aliphatic carbocycles. The molecule has 0 radical (unpaired) electrons. The number of rotatable bonds is 38. The molecule has 0 aromatic heterocycles. The number of carbonyl (C=O) groups excluding carboxylic acids is 1. The summed E-state index contributed by atoms with van der Waals surface area (Å²) >= 11 is 0. The van der Waals surface area contributed by atoms with E-state index >= 15 is 0 Å². The van der Waals surface area contributed by atoms with Gasteiger partial charge in [0, 0.05) is 13.0 Å². The van der Waals surface area contributed by atoms with Crippen LogP contribution in [0.3, 0.4) is 0 Å². The number of phosphoric acid groups is 1. The predicted molar refractivity (Wildman–Crippen MR) is 230 cm³/mol. The maximum atomic E-state index is 12.8. The maximum Gasteiger partial charge on any atom is 0.472 e. The topological polar surface area (TPSA) is 192 Å². The Morgan fingerprint density at radius 3 is 1.50 bits per heavy atom. The first kappa shape index (κ1) is 54.6. The van der Waals surface area contributed by atoms with E-state index in [-0.39, 0.29) is 13.0 Å². The van der Waals surface area contributed by atoms with E-state index in [4.69, 9.17) is 18.5 Å². The largest absolute Gasteiger partial charge is 0.472 e. The third-order valence-electron chi connectivity index (χ3n) is 10.5. The van der Waals surface area contributed by atoms with Crippen LogP contribution in [-0.2, 0) is 27.9 Å². The van der Waals surface area contributed by atoms with Crippen LogP contribution in [0.2, 0.25) is 0 Å². The third kappa shape index (κ3) is 28.2. The molecule has 0 saturated heterocycles. The highest BCUT2D eigenvalue weighted by atomic mass is 31.2. The average Bonchev–Trinajstić information content (AvgIpc) is 3.21. The lowest BCUT2D eigenvalue weighted by atomic mass is 9.85. The van der Waals surface area contributed by atoms with Crippen LogP contribution in [0.1, 0.15) is 181 Å². The molecule has 13 heteroatoms. The Morgan fingerprint density at radius 2 is 0.966 bits per heavy atom. The van der Waals surface area contributed by atoms with Crippen molar-refractivity contribution in [2.45, 2.75) is 224 Å². The number of esters is 1. The minimum absolute atomic E-state index is 0.0836. The summed E-state index contributed by atoms with van der Waals surface area (Å²) in [7, 11) is -5.02. The highest BCUT2D eigenvalue weighted by Gasteiger charge is 2.51. The van der Waals surface area contributed by atoms with Crippen LogP contribution in [0.5, 0.6) is 0 Å². The molecule has 0 amide bonds. The van der Waals surface area contributed by atoms with E-state index in [1.54, 1.807) is 0 Å². The summed E-state index contributed by atoms with van der Waals surface area (Å²) in [5, 5.41) is 50.1. The fourth-order valence-electron chi connectivity index (χ4n) is 6.83. The van der Waals surface area contributed by atoms with Gasteiger partial charge in [-0.25, -0.2) is 4.57 Å². The number of aliphatic hydroxyl groups excluding tert-OH is 5. The summed E-state index contributed by atoms with van der Waals surface area (Å²) in [6.45, 7) is 4.21. The first-order valence-corrected chi connectivity index (χ1v) is 24.3. The highest BCUT2D eigenvalue weighted by molar-refractivity contribution is 7.47. The van der Waals surface area contributed by atoms with Gasteiger partial charge >= 0.3 is 13.8 Å². The van der Waals surface area contributed by atoms with Gasteiger partial charge in [-0.15, -0.1) is 0 Å². The van der Waals surface area contributed by atoms with Gasteiger partial charge in [0.05, 0.1) is 13.2 Å². The van der Waals surface area contributed by atoms with Gasteiger partial charge < -0.3 is 39.9 Å². The first-order chi connectivity index (χ1) is 28.0. The average molecular weight is 847 g/mol. The van der Waals surface area contributed by atoms with Crippen LogP contribution in [0, 0.1) is 0 Å². The third-order valence-corrected chi connectivity index (χ3v) is 11.5. The smallest absolute Gasteiger partial charge is 0.457 e. The van der Waals surface area contributed by atoms with Gasteiger partial charge in [-0.2, -0.15) is 0 Å². The van der Waals surface area contributed by atoms with E-state index in [9.17, 15) is 39.8 Å². The van der Waals surface area contributed by atoms with Crippen LogP contribution in [0.4, 0.5) is 0 Å². The van der Waals surface area contributed by atoms with E-state index in [1.807, 2.05) is 0 Å². The minimum Gasteiger partial charge on any atom is -0.457 e. The molecule has 340 valence electrons. The maximum absolute atomic E-state index is 12.8. The molecule has 0 heterocycles. The molecule has 6 N–H and O–H groups in total. The molecular formula is C45H83O12P. The number of aliphatic hydroxyl groups is 5. The molecule has 0 aromatic rings. The first-order valence-electron chi connectivity index (χ1n) is 22.8.